The summed E-state index contributed by atoms with van der Waals surface area (Å²) in [5.74, 6) is 0.728. The number of nitro groups is 1. The van der Waals surface area contributed by atoms with E-state index >= 15 is 0 Å². The Hall–Kier alpha value is -3.57. The van der Waals surface area contributed by atoms with Crippen LogP contribution in [0.5, 0.6) is 5.75 Å². The minimum Gasteiger partial charge on any atom is -0.497 e. The summed E-state index contributed by atoms with van der Waals surface area (Å²) in [7, 11) is -0.796. The average molecular weight is 487 g/mol. The number of hydrogen-bond acceptors (Lipinski definition) is 7. The van der Waals surface area contributed by atoms with Crippen molar-refractivity contribution in [2.24, 2.45) is 0 Å². The lowest BCUT2D eigenvalue weighted by atomic mass is 9.97. The molecule has 3 rings (SSSR count). The highest BCUT2D eigenvalue weighted by molar-refractivity contribution is 7.72. The Bertz CT molecular complexity index is 1200. The molecule has 0 amide bonds. The summed E-state index contributed by atoms with van der Waals surface area (Å²) in [6.07, 6.45) is -0.694. The molecule has 0 aliphatic rings. The smallest absolute Gasteiger partial charge is 0.269 e. The molecule has 34 heavy (non-hydrogen) atoms. The van der Waals surface area contributed by atoms with Crippen LogP contribution in [-0.2, 0) is 10.3 Å². The van der Waals surface area contributed by atoms with Crippen LogP contribution in [0.4, 0.5) is 5.69 Å². The first-order chi connectivity index (χ1) is 16.2. The topological polar surface area (TPSA) is 139 Å². The van der Waals surface area contributed by atoms with Gasteiger partial charge in [-0.3, -0.25) is 10.1 Å². The molecular formula is C24H26N2O7S. The van der Waals surface area contributed by atoms with Gasteiger partial charge in [-0.05, 0) is 35.7 Å². The van der Waals surface area contributed by atoms with Crippen LogP contribution < -0.4 is 10.1 Å². The molecule has 3 N–H and O–H groups in total. The van der Waals surface area contributed by atoms with Crippen molar-refractivity contribution in [1.29, 1.82) is 0 Å². The minimum absolute atomic E-state index is 0.0291. The first kappa shape index (κ1) is 26.7. The van der Waals surface area contributed by atoms with Gasteiger partial charge in [-0.1, -0.05) is 54.6 Å². The van der Waals surface area contributed by atoms with E-state index in [1.54, 1.807) is 19.2 Å². The first-order valence-electron chi connectivity index (χ1n) is 10.2. The van der Waals surface area contributed by atoms with Crippen molar-refractivity contribution in [3.63, 3.8) is 0 Å². The number of ether oxygens (including phenoxy) is 1. The fourth-order valence-corrected chi connectivity index (χ4v) is 3.06. The number of nitrogens with one attached hydrogen (secondary N) is 1. The van der Waals surface area contributed by atoms with Gasteiger partial charge < -0.3 is 20.3 Å². The fourth-order valence-electron chi connectivity index (χ4n) is 3.06. The lowest BCUT2D eigenvalue weighted by Crippen LogP contribution is -2.27. The molecule has 0 fully saturated rings. The van der Waals surface area contributed by atoms with E-state index < -0.39 is 26.4 Å². The largest absolute Gasteiger partial charge is 0.497 e. The molecule has 2 atom stereocenters. The highest BCUT2D eigenvalue weighted by Gasteiger charge is 2.18. The normalized spacial score (nSPS) is 12.0. The Balaban J connectivity index is 0.000000604. The predicted octanol–water partition coefficient (Wildman–Crippen LogP) is 3.59. The van der Waals surface area contributed by atoms with Crippen molar-refractivity contribution in [2.45, 2.75) is 19.1 Å². The molecular weight excluding hydrogens is 460 g/mol. The lowest BCUT2D eigenvalue weighted by Gasteiger charge is -2.22. The van der Waals surface area contributed by atoms with Gasteiger partial charge in [0.2, 0.25) is 10.3 Å². The van der Waals surface area contributed by atoms with Crippen LogP contribution in [0, 0.1) is 10.1 Å². The van der Waals surface area contributed by atoms with Crippen LogP contribution in [-0.4, -0.2) is 42.3 Å². The Labute approximate surface area is 199 Å². The summed E-state index contributed by atoms with van der Waals surface area (Å²) in [5, 5.41) is 32.4. The van der Waals surface area contributed by atoms with Crippen LogP contribution in [0.3, 0.4) is 0 Å². The van der Waals surface area contributed by atoms with Crippen molar-refractivity contribution in [3.8, 4) is 5.75 Å². The molecule has 0 aliphatic heterocycles. The number of aliphatic hydroxyl groups is 2. The van der Waals surface area contributed by atoms with E-state index in [0.717, 1.165) is 29.4 Å². The van der Waals surface area contributed by atoms with Gasteiger partial charge in [0, 0.05) is 18.7 Å². The Morgan fingerprint density at radius 1 is 1.00 bits per heavy atom. The molecule has 9 nitrogen and oxygen atoms in total. The van der Waals surface area contributed by atoms with Crippen molar-refractivity contribution >= 4 is 21.0 Å². The number of aliphatic hydroxyl groups excluding tert-OH is 2. The average Bonchev–Trinajstić information content (AvgIpc) is 2.85. The van der Waals surface area contributed by atoms with Crippen molar-refractivity contribution in [2.75, 3.05) is 13.7 Å². The zero-order valence-corrected chi connectivity index (χ0v) is 19.5. The Morgan fingerprint density at radius 2 is 1.59 bits per heavy atom. The first-order valence-corrected chi connectivity index (χ1v) is 11.3. The molecule has 0 spiro atoms. The highest BCUT2D eigenvalue weighted by Crippen LogP contribution is 2.27. The zero-order chi connectivity index (χ0) is 25.1. The molecule has 3 aromatic rings. The fraction of sp³-hybridized carbons (Fsp3) is 0.208. The van der Waals surface area contributed by atoms with Gasteiger partial charge >= 0.3 is 0 Å². The Kier molecular flexibility index (Phi) is 10.4. The third-order valence-electron chi connectivity index (χ3n) is 4.80. The summed E-state index contributed by atoms with van der Waals surface area (Å²) < 4.78 is 24.0. The Morgan fingerprint density at radius 3 is 2.12 bits per heavy atom. The van der Waals surface area contributed by atoms with Crippen molar-refractivity contribution in [1.82, 2.24) is 5.32 Å². The van der Waals surface area contributed by atoms with Gasteiger partial charge in [-0.15, -0.1) is 0 Å². The van der Waals surface area contributed by atoms with E-state index in [-0.39, 0.29) is 11.7 Å². The number of benzene rings is 3. The number of methoxy groups -OCH3 is 1. The van der Waals surface area contributed by atoms with E-state index in [1.807, 2.05) is 60.7 Å². The summed E-state index contributed by atoms with van der Waals surface area (Å²) in [6, 6.07) is 23.1. The maximum atomic E-state index is 11.2. The monoisotopic (exact) mass is 486 g/mol. The lowest BCUT2D eigenvalue weighted by molar-refractivity contribution is -0.384. The summed E-state index contributed by atoms with van der Waals surface area (Å²) in [6.45, 7) is 1.40. The van der Waals surface area contributed by atoms with Gasteiger partial charge in [0.05, 0.1) is 24.2 Å². The molecule has 0 radical (unpaired) electrons. The second kappa shape index (κ2) is 13.2. The van der Waals surface area contributed by atoms with Crippen LogP contribution in [0.1, 0.15) is 35.8 Å². The maximum absolute atomic E-state index is 11.2. The second-order valence-corrected chi connectivity index (χ2v) is 8.21. The van der Waals surface area contributed by atoms with Gasteiger partial charge in [0.1, 0.15) is 5.75 Å². The molecule has 0 aliphatic carbocycles. The molecule has 10 heteroatoms. The number of nitro benzene ring substituents is 1. The minimum atomic E-state index is -2.40. The summed E-state index contributed by atoms with van der Waals surface area (Å²) in [4.78, 5) is 10.8. The number of nitrogens with zero attached hydrogens (tertiary/aromatic N) is 1. The molecule has 0 aromatic heterocycles. The molecule has 2 unspecified atom stereocenters. The molecule has 0 heterocycles. The summed E-state index contributed by atoms with van der Waals surface area (Å²) >= 11 is 0. The standard InChI is InChI=1S/C22H22N2O4.C2H4O3S/c1-28-20-12-10-17(11-13-20)22(18-8-5-9-19(14-18)24(26)27)23-15-21(25)16-6-3-2-4-7-16;1-2(3)6(4)5/h2-14,21-23,25H,15H2,1H3;3H,1H3. The summed E-state index contributed by atoms with van der Waals surface area (Å²) in [5.41, 5.74) is 2.50. The molecule has 3 aromatic carbocycles. The number of rotatable bonds is 8. The number of hydrogen-bond donors (Lipinski definition) is 3. The van der Waals surface area contributed by atoms with Crippen molar-refractivity contribution < 1.29 is 28.3 Å². The predicted molar refractivity (Wildman–Crippen MR) is 130 cm³/mol. The van der Waals surface area contributed by atoms with Crippen LogP contribution in [0.2, 0.25) is 0 Å². The van der Waals surface area contributed by atoms with E-state index in [1.165, 1.54) is 6.07 Å². The van der Waals surface area contributed by atoms with Crippen molar-refractivity contribution in [3.05, 3.63) is 106 Å². The van der Waals surface area contributed by atoms with Gasteiger partial charge in [-0.2, -0.15) is 8.42 Å². The van der Waals surface area contributed by atoms with Crippen LogP contribution in [0.15, 0.2) is 78.9 Å². The molecule has 180 valence electrons. The van der Waals surface area contributed by atoms with Gasteiger partial charge in [0.25, 0.3) is 5.69 Å². The van der Waals surface area contributed by atoms with Crippen LogP contribution >= 0.6 is 0 Å². The quantitative estimate of drug-likeness (QED) is 0.249. The van der Waals surface area contributed by atoms with E-state index in [2.05, 4.69) is 5.32 Å². The second-order valence-electron chi connectivity index (χ2n) is 7.15. The van der Waals surface area contributed by atoms with Gasteiger partial charge in [-0.25, -0.2) is 0 Å². The van der Waals surface area contributed by atoms with E-state index in [4.69, 9.17) is 9.84 Å². The zero-order valence-electron chi connectivity index (χ0n) is 18.7. The van der Waals surface area contributed by atoms with E-state index in [9.17, 15) is 23.6 Å². The van der Waals surface area contributed by atoms with Gasteiger partial charge in [0.15, 0.2) is 5.05 Å². The maximum Gasteiger partial charge on any atom is 0.269 e. The third-order valence-corrected chi connectivity index (χ3v) is 5.29. The highest BCUT2D eigenvalue weighted by atomic mass is 32.2. The number of non-ortho nitro benzene ring substituents is 1. The molecule has 0 saturated carbocycles. The third kappa shape index (κ3) is 8.09. The van der Waals surface area contributed by atoms with E-state index in [0.29, 0.717) is 6.54 Å². The van der Waals surface area contributed by atoms with Crippen LogP contribution in [0.25, 0.3) is 0 Å². The molecule has 0 bridgehead atoms. The SMILES string of the molecule is CC(O)=S(=O)=O.COc1ccc(C(NCC(O)c2ccccc2)c2cccc([N+](=O)[O-])c2)cc1. The molecule has 0 saturated heterocycles.